The highest BCUT2D eigenvalue weighted by molar-refractivity contribution is 6.12. The van der Waals surface area contributed by atoms with E-state index in [1.165, 1.54) is 29.5 Å². The fraction of sp³-hybridized carbons (Fsp3) is 1.00. The normalized spacial score (nSPS) is 36.0. The van der Waals surface area contributed by atoms with Crippen molar-refractivity contribution in [2.75, 3.05) is 0 Å². The Morgan fingerprint density at radius 1 is 0.923 bits per heavy atom. The van der Waals surface area contributed by atoms with Gasteiger partial charge in [-0.05, 0) is 29.2 Å². The summed E-state index contributed by atoms with van der Waals surface area (Å²) in [5.74, 6) is 3.94. The van der Waals surface area contributed by atoms with Crippen molar-refractivity contribution < 1.29 is 0 Å². The van der Waals surface area contributed by atoms with E-state index in [0.717, 1.165) is 29.2 Å². The van der Waals surface area contributed by atoms with Gasteiger partial charge in [0.05, 0.1) is 0 Å². The molecule has 2 atom stereocenters. The molecule has 0 saturated heterocycles. The molecule has 0 heterocycles. The molecule has 1 aliphatic rings. The predicted molar refractivity (Wildman–Crippen MR) is 64.2 cm³/mol. The minimum absolute atomic E-state index is 0.920. The van der Waals surface area contributed by atoms with Crippen molar-refractivity contribution in [2.24, 2.45) is 23.7 Å². The maximum atomic E-state index is 2.41. The predicted octanol–water partition coefficient (Wildman–Crippen LogP) is 2.87. The smallest absolute Gasteiger partial charge is 0.00746 e. The quantitative estimate of drug-likeness (QED) is 0.599. The lowest BCUT2D eigenvalue weighted by molar-refractivity contribution is 0.179. The Kier molecular flexibility index (Phi) is 4.02. The molecular weight excluding hydrogens is 172 g/mol. The zero-order valence-electron chi connectivity index (χ0n) is 10.0. The van der Waals surface area contributed by atoms with E-state index in [2.05, 4.69) is 27.7 Å². The van der Waals surface area contributed by atoms with Crippen molar-refractivity contribution in [3.05, 3.63) is 0 Å². The molecule has 0 aromatic heterocycles. The van der Waals surface area contributed by atoms with Crippen LogP contribution in [0.1, 0.15) is 47.0 Å². The maximum absolute atomic E-state index is 2.41. The molecule has 0 amide bonds. The topological polar surface area (TPSA) is 0 Å². The summed E-state index contributed by atoms with van der Waals surface area (Å²) in [6, 6.07) is 0. The van der Waals surface area contributed by atoms with Crippen molar-refractivity contribution >= 4 is 10.2 Å². The van der Waals surface area contributed by atoms with Crippen LogP contribution in [0.5, 0.6) is 0 Å². The monoisotopic (exact) mass is 198 g/mol. The molecule has 1 saturated carbocycles. The first-order valence-electron chi connectivity index (χ1n) is 6.04. The Morgan fingerprint density at radius 2 is 1.31 bits per heavy atom. The van der Waals surface area contributed by atoms with Gasteiger partial charge >= 0.3 is 0 Å². The van der Waals surface area contributed by atoms with Crippen LogP contribution < -0.4 is 0 Å². The average Bonchev–Trinajstić information content (AvgIpc) is 2.03. The highest BCUT2D eigenvalue weighted by Gasteiger charge is 2.32. The van der Waals surface area contributed by atoms with E-state index in [4.69, 9.17) is 0 Å². The first-order valence-corrected chi connectivity index (χ1v) is 7.19. The van der Waals surface area contributed by atoms with E-state index in [1.807, 2.05) is 0 Å². The van der Waals surface area contributed by atoms with Crippen LogP contribution >= 0.6 is 0 Å². The zero-order valence-corrected chi connectivity index (χ0v) is 12.0. The molecule has 13 heavy (non-hydrogen) atoms. The molecular formula is C12H26Si. The van der Waals surface area contributed by atoms with Gasteiger partial charge in [-0.1, -0.05) is 47.0 Å². The van der Waals surface area contributed by atoms with Gasteiger partial charge in [-0.25, -0.2) is 0 Å². The standard InChI is InChI=1S/C12H26Si/c1-8(2)10-6-5-7-11(9(3)4)12(10)13/h8-12H,5-7H2,1-4,13H3. The van der Waals surface area contributed by atoms with Gasteiger partial charge < -0.3 is 0 Å². The van der Waals surface area contributed by atoms with Crippen LogP contribution in [-0.4, -0.2) is 10.2 Å². The van der Waals surface area contributed by atoms with Gasteiger partial charge in [-0.15, -0.1) is 0 Å². The Morgan fingerprint density at radius 3 is 1.62 bits per heavy atom. The van der Waals surface area contributed by atoms with Gasteiger partial charge in [0.25, 0.3) is 0 Å². The summed E-state index contributed by atoms with van der Waals surface area (Å²) in [4.78, 5) is 0. The molecule has 78 valence electrons. The first kappa shape index (κ1) is 11.3. The molecule has 0 radical (unpaired) electrons. The summed E-state index contributed by atoms with van der Waals surface area (Å²) in [5, 5.41) is 0. The first-order chi connectivity index (χ1) is 6.04. The molecule has 0 nitrogen and oxygen atoms in total. The lowest BCUT2D eigenvalue weighted by atomic mass is 9.72. The van der Waals surface area contributed by atoms with Gasteiger partial charge in [0.1, 0.15) is 0 Å². The molecule has 1 rings (SSSR count). The van der Waals surface area contributed by atoms with Crippen LogP contribution in [0.3, 0.4) is 0 Å². The largest absolute Gasteiger partial charge is 0.0625 e. The van der Waals surface area contributed by atoms with Gasteiger partial charge in [0.2, 0.25) is 0 Å². The third-order valence-corrected chi connectivity index (χ3v) is 5.85. The Labute approximate surface area is 86.9 Å². The van der Waals surface area contributed by atoms with Crippen molar-refractivity contribution in [1.82, 2.24) is 0 Å². The maximum Gasteiger partial charge on any atom is 0.00746 e. The average molecular weight is 198 g/mol. The number of rotatable bonds is 2. The van der Waals surface area contributed by atoms with E-state index in [9.17, 15) is 0 Å². The molecule has 0 bridgehead atoms. The van der Waals surface area contributed by atoms with E-state index >= 15 is 0 Å². The molecule has 0 N–H and O–H groups in total. The minimum atomic E-state index is 0.920. The van der Waals surface area contributed by atoms with Crippen LogP contribution in [0.2, 0.25) is 5.54 Å². The van der Waals surface area contributed by atoms with Crippen LogP contribution in [-0.2, 0) is 0 Å². The Balaban J connectivity index is 2.60. The van der Waals surface area contributed by atoms with E-state index in [1.54, 1.807) is 0 Å². The lowest BCUT2D eigenvalue weighted by Crippen LogP contribution is -2.30. The summed E-state index contributed by atoms with van der Waals surface area (Å²) in [7, 11) is 1.41. The summed E-state index contributed by atoms with van der Waals surface area (Å²) in [6.07, 6.45) is 4.51. The summed E-state index contributed by atoms with van der Waals surface area (Å²) in [5.41, 5.74) is 1.09. The third kappa shape index (κ3) is 2.58. The van der Waals surface area contributed by atoms with E-state index in [0.29, 0.717) is 0 Å². The summed E-state index contributed by atoms with van der Waals surface area (Å²) >= 11 is 0. The molecule has 0 spiro atoms. The van der Waals surface area contributed by atoms with Crippen molar-refractivity contribution in [1.29, 1.82) is 0 Å². The Hall–Kier alpha value is 0.217. The second-order valence-electron chi connectivity index (χ2n) is 5.61. The van der Waals surface area contributed by atoms with Crippen molar-refractivity contribution in [3.63, 3.8) is 0 Å². The van der Waals surface area contributed by atoms with Crippen LogP contribution in [0.25, 0.3) is 0 Å². The summed E-state index contributed by atoms with van der Waals surface area (Å²) < 4.78 is 0. The van der Waals surface area contributed by atoms with E-state index in [-0.39, 0.29) is 0 Å². The highest BCUT2D eigenvalue weighted by atomic mass is 28.1. The summed E-state index contributed by atoms with van der Waals surface area (Å²) in [6.45, 7) is 9.66. The number of hydrogen-bond donors (Lipinski definition) is 0. The van der Waals surface area contributed by atoms with Crippen molar-refractivity contribution in [3.8, 4) is 0 Å². The highest BCUT2D eigenvalue weighted by Crippen LogP contribution is 2.44. The molecule has 0 aromatic carbocycles. The minimum Gasteiger partial charge on any atom is -0.0625 e. The van der Waals surface area contributed by atoms with Gasteiger partial charge in [0, 0.05) is 10.2 Å². The second-order valence-corrected chi connectivity index (χ2v) is 6.94. The van der Waals surface area contributed by atoms with Gasteiger partial charge in [0.15, 0.2) is 0 Å². The number of hydrogen-bond acceptors (Lipinski definition) is 0. The fourth-order valence-electron chi connectivity index (χ4n) is 3.31. The lowest BCUT2D eigenvalue weighted by Gasteiger charge is -2.40. The Bertz CT molecular complexity index is 135. The van der Waals surface area contributed by atoms with Crippen LogP contribution in [0, 0.1) is 23.7 Å². The van der Waals surface area contributed by atoms with E-state index < -0.39 is 0 Å². The van der Waals surface area contributed by atoms with Crippen molar-refractivity contribution in [2.45, 2.75) is 52.5 Å². The van der Waals surface area contributed by atoms with Crippen LogP contribution in [0.4, 0.5) is 0 Å². The van der Waals surface area contributed by atoms with Gasteiger partial charge in [-0.2, -0.15) is 0 Å². The fourth-order valence-corrected chi connectivity index (χ4v) is 5.52. The third-order valence-electron chi connectivity index (χ3n) is 4.14. The molecule has 0 aromatic rings. The second kappa shape index (κ2) is 4.63. The molecule has 1 fully saturated rings. The molecule has 1 heteroatoms. The molecule has 2 unspecified atom stereocenters. The zero-order chi connectivity index (χ0) is 10.0. The molecule has 1 aliphatic carbocycles. The van der Waals surface area contributed by atoms with Gasteiger partial charge in [-0.3, -0.25) is 0 Å². The SMILES string of the molecule is CC(C)C1CCCC(C(C)C)C1[SiH3]. The molecule has 0 aliphatic heterocycles. The van der Waals surface area contributed by atoms with Crippen LogP contribution in [0.15, 0.2) is 0 Å².